The normalized spacial score (nSPS) is 11.0. The lowest BCUT2D eigenvalue weighted by Gasteiger charge is -2.18. The minimum atomic E-state index is -0.581. The Labute approximate surface area is 205 Å². The first-order chi connectivity index (χ1) is 16.1. The molecule has 0 bridgehead atoms. The summed E-state index contributed by atoms with van der Waals surface area (Å²) in [6.07, 6.45) is 0.665. The van der Waals surface area contributed by atoms with E-state index in [9.17, 15) is 14.4 Å². The molecule has 2 aromatic rings. The summed E-state index contributed by atoms with van der Waals surface area (Å²) < 4.78 is 15.8. The van der Waals surface area contributed by atoms with Crippen molar-refractivity contribution in [2.24, 2.45) is 5.41 Å². The molecule has 2 aromatic carbocycles. The van der Waals surface area contributed by atoms with Gasteiger partial charge < -0.3 is 19.1 Å². The Morgan fingerprint density at radius 1 is 0.971 bits per heavy atom. The highest BCUT2D eigenvalue weighted by atomic mass is 32.2. The number of thioether (sulfide) groups is 1. The van der Waals surface area contributed by atoms with Gasteiger partial charge in [-0.2, -0.15) is 0 Å². The number of carbonyl (C=O) groups is 3. The number of hydrogen-bond acceptors (Lipinski definition) is 7. The van der Waals surface area contributed by atoms with Crippen molar-refractivity contribution in [1.82, 2.24) is 4.90 Å². The Morgan fingerprint density at radius 3 is 2.29 bits per heavy atom. The third kappa shape index (κ3) is 7.80. The summed E-state index contributed by atoms with van der Waals surface area (Å²) in [6, 6.07) is 12.6. The van der Waals surface area contributed by atoms with E-state index in [2.05, 4.69) is 0 Å². The third-order valence-electron chi connectivity index (χ3n) is 5.24. The van der Waals surface area contributed by atoms with E-state index in [-0.39, 0.29) is 24.1 Å². The molecule has 0 saturated carbocycles. The minimum Gasteiger partial charge on any atom is -0.493 e. The standard InChI is InChI=1S/C26H33NO6S/c1-26(2,3)23(28)16-33-25(30)19-9-7-8-10-22(19)34-17-24(29)27(4)14-13-18-11-12-20(31-5)21(15-18)32-6/h7-12,15H,13-14,16-17H2,1-6H3. The molecule has 2 rings (SSSR count). The van der Waals surface area contributed by atoms with Crippen molar-refractivity contribution in [2.45, 2.75) is 32.1 Å². The summed E-state index contributed by atoms with van der Waals surface area (Å²) in [6.45, 7) is 5.59. The highest BCUT2D eigenvalue weighted by Gasteiger charge is 2.23. The number of rotatable bonds is 11. The van der Waals surface area contributed by atoms with Crippen molar-refractivity contribution in [2.75, 3.05) is 40.2 Å². The fourth-order valence-electron chi connectivity index (χ4n) is 2.89. The molecule has 0 aliphatic carbocycles. The van der Waals surface area contributed by atoms with E-state index >= 15 is 0 Å². The van der Waals surface area contributed by atoms with Gasteiger partial charge in [0.05, 0.1) is 25.5 Å². The summed E-state index contributed by atoms with van der Waals surface area (Å²) in [5.74, 6) is 0.696. The number of Topliss-reactive ketones (excluding diaryl/α,β-unsaturated/α-hetero) is 1. The second kappa shape index (κ2) is 12.5. The van der Waals surface area contributed by atoms with Gasteiger partial charge in [0.15, 0.2) is 23.9 Å². The first-order valence-electron chi connectivity index (χ1n) is 10.9. The van der Waals surface area contributed by atoms with Gasteiger partial charge in [-0.1, -0.05) is 39.0 Å². The number of carbonyl (C=O) groups excluding carboxylic acids is 3. The van der Waals surface area contributed by atoms with Crippen LogP contribution in [0.4, 0.5) is 0 Å². The van der Waals surface area contributed by atoms with Crippen LogP contribution in [0.3, 0.4) is 0 Å². The highest BCUT2D eigenvalue weighted by Crippen LogP contribution is 2.28. The van der Waals surface area contributed by atoms with Crippen LogP contribution in [0.2, 0.25) is 0 Å². The van der Waals surface area contributed by atoms with Crippen molar-refractivity contribution in [3.8, 4) is 11.5 Å². The maximum Gasteiger partial charge on any atom is 0.339 e. The molecule has 0 heterocycles. The fraction of sp³-hybridized carbons (Fsp3) is 0.423. The summed E-state index contributed by atoms with van der Waals surface area (Å²) in [5.41, 5.74) is 0.792. The number of benzene rings is 2. The van der Waals surface area contributed by atoms with Crippen molar-refractivity contribution in [3.05, 3.63) is 53.6 Å². The zero-order valence-corrected chi connectivity index (χ0v) is 21.5. The lowest BCUT2D eigenvalue weighted by Crippen LogP contribution is -2.30. The number of likely N-dealkylation sites (N-methyl/N-ethyl adjacent to an activating group) is 1. The van der Waals surface area contributed by atoms with Crippen LogP contribution in [0, 0.1) is 5.41 Å². The number of ketones is 1. The van der Waals surface area contributed by atoms with Gasteiger partial charge in [0.25, 0.3) is 0 Å². The van der Waals surface area contributed by atoms with Gasteiger partial charge in [-0.15, -0.1) is 11.8 Å². The molecule has 0 saturated heterocycles. The molecule has 0 spiro atoms. The summed E-state index contributed by atoms with van der Waals surface area (Å²) in [4.78, 5) is 39.6. The van der Waals surface area contributed by atoms with Crippen LogP contribution in [0.1, 0.15) is 36.7 Å². The molecular weight excluding hydrogens is 454 g/mol. The lowest BCUT2D eigenvalue weighted by molar-refractivity contribution is -0.129. The number of esters is 1. The van der Waals surface area contributed by atoms with Crippen LogP contribution in [-0.2, 0) is 20.7 Å². The van der Waals surface area contributed by atoms with Crippen LogP contribution in [-0.4, -0.2) is 62.7 Å². The van der Waals surface area contributed by atoms with Crippen molar-refractivity contribution in [1.29, 1.82) is 0 Å². The Bertz CT molecular complexity index is 1010. The maximum atomic E-state index is 12.7. The van der Waals surface area contributed by atoms with Gasteiger partial charge >= 0.3 is 5.97 Å². The van der Waals surface area contributed by atoms with Crippen LogP contribution < -0.4 is 9.47 Å². The molecule has 0 aliphatic heterocycles. The molecule has 8 heteroatoms. The van der Waals surface area contributed by atoms with E-state index in [0.29, 0.717) is 34.9 Å². The van der Waals surface area contributed by atoms with Crippen molar-refractivity contribution < 1.29 is 28.6 Å². The molecule has 0 aromatic heterocycles. The second-order valence-electron chi connectivity index (χ2n) is 8.79. The molecule has 7 nitrogen and oxygen atoms in total. The topological polar surface area (TPSA) is 82.1 Å². The van der Waals surface area contributed by atoms with E-state index in [4.69, 9.17) is 14.2 Å². The Morgan fingerprint density at radius 2 is 1.65 bits per heavy atom. The summed E-state index contributed by atoms with van der Waals surface area (Å²) >= 11 is 1.27. The van der Waals surface area contributed by atoms with Crippen LogP contribution in [0.15, 0.2) is 47.4 Å². The van der Waals surface area contributed by atoms with Gasteiger partial charge in [0.2, 0.25) is 5.91 Å². The van der Waals surface area contributed by atoms with E-state index in [0.717, 1.165) is 5.56 Å². The molecular formula is C26H33NO6S. The predicted molar refractivity (Wildman–Crippen MR) is 133 cm³/mol. The van der Waals surface area contributed by atoms with Gasteiger partial charge in [0, 0.05) is 23.9 Å². The summed E-state index contributed by atoms with van der Waals surface area (Å²) in [7, 11) is 4.93. The van der Waals surface area contributed by atoms with Crippen molar-refractivity contribution >= 4 is 29.4 Å². The number of methoxy groups -OCH3 is 2. The smallest absolute Gasteiger partial charge is 0.339 e. The summed E-state index contributed by atoms with van der Waals surface area (Å²) in [5, 5.41) is 0. The van der Waals surface area contributed by atoms with Crippen molar-refractivity contribution in [3.63, 3.8) is 0 Å². The molecule has 0 radical (unpaired) electrons. The average Bonchev–Trinajstić information content (AvgIpc) is 2.83. The molecule has 184 valence electrons. The lowest BCUT2D eigenvalue weighted by atomic mass is 9.91. The molecule has 1 amide bonds. The van der Waals surface area contributed by atoms with E-state index < -0.39 is 11.4 Å². The van der Waals surface area contributed by atoms with E-state index in [1.54, 1.807) is 71.2 Å². The Kier molecular flexibility index (Phi) is 9.98. The molecule has 0 unspecified atom stereocenters. The zero-order valence-electron chi connectivity index (χ0n) is 20.7. The second-order valence-corrected chi connectivity index (χ2v) is 9.81. The SMILES string of the molecule is COc1ccc(CCN(C)C(=O)CSc2ccccc2C(=O)OCC(=O)C(C)(C)C)cc1OC. The van der Waals surface area contributed by atoms with Gasteiger partial charge in [0.1, 0.15) is 0 Å². The minimum absolute atomic E-state index is 0.0587. The first kappa shape index (κ1) is 27.2. The van der Waals surface area contributed by atoms with Gasteiger partial charge in [-0.05, 0) is 36.2 Å². The van der Waals surface area contributed by atoms with E-state index in [1.165, 1.54) is 11.8 Å². The number of nitrogens with zero attached hydrogens (tertiary/aromatic N) is 1. The molecule has 0 N–H and O–H groups in total. The van der Waals surface area contributed by atoms with Crippen LogP contribution in [0.5, 0.6) is 11.5 Å². The monoisotopic (exact) mass is 487 g/mol. The van der Waals surface area contributed by atoms with Gasteiger partial charge in [-0.3, -0.25) is 9.59 Å². The van der Waals surface area contributed by atoms with Crippen LogP contribution >= 0.6 is 11.8 Å². The Balaban J connectivity index is 1.92. The zero-order chi connectivity index (χ0) is 25.3. The predicted octanol–water partition coefficient (Wildman–Crippen LogP) is 4.27. The molecule has 0 aliphatic rings. The molecule has 0 atom stereocenters. The number of amides is 1. The molecule has 0 fully saturated rings. The van der Waals surface area contributed by atoms with Gasteiger partial charge in [-0.25, -0.2) is 4.79 Å². The first-order valence-corrected chi connectivity index (χ1v) is 11.9. The fourth-order valence-corrected chi connectivity index (χ4v) is 3.87. The quantitative estimate of drug-likeness (QED) is 0.346. The van der Waals surface area contributed by atoms with Crippen LogP contribution in [0.25, 0.3) is 0 Å². The number of ether oxygens (including phenoxy) is 3. The third-order valence-corrected chi connectivity index (χ3v) is 6.30. The molecule has 34 heavy (non-hydrogen) atoms. The highest BCUT2D eigenvalue weighted by molar-refractivity contribution is 8.00. The number of hydrogen-bond donors (Lipinski definition) is 0. The maximum absolute atomic E-state index is 12.7. The average molecular weight is 488 g/mol. The van der Waals surface area contributed by atoms with E-state index in [1.807, 2.05) is 18.2 Å². The largest absolute Gasteiger partial charge is 0.493 e. The Hall–Kier alpha value is -3.00.